The van der Waals surface area contributed by atoms with E-state index in [9.17, 15) is 19.2 Å². The number of aliphatic carboxylic acids is 4. The lowest BCUT2D eigenvalue weighted by Crippen LogP contribution is -2.28. The Morgan fingerprint density at radius 1 is 0.765 bits per heavy atom. The molecule has 10 heteroatoms. The van der Waals surface area contributed by atoms with Crippen LogP contribution in [0.4, 0.5) is 0 Å². The van der Waals surface area contributed by atoms with Gasteiger partial charge in [0.1, 0.15) is 0 Å². The Kier molecular flexibility index (Phi) is 8.11. The molecule has 10 nitrogen and oxygen atoms in total. The van der Waals surface area contributed by atoms with E-state index in [1.54, 1.807) is 0 Å². The maximum Gasteiger partial charge on any atom is 0.344 e. The Hall–Kier alpha value is -2.20. The van der Waals surface area contributed by atoms with Crippen LogP contribution >= 0.6 is 0 Å². The van der Waals surface area contributed by atoms with E-state index in [1.807, 2.05) is 0 Å². The first-order valence-electron chi connectivity index (χ1n) is 3.86. The lowest BCUT2D eigenvalue weighted by molar-refractivity contribution is -0.161. The smallest absolute Gasteiger partial charge is 0.344 e. The molecule has 0 heterocycles. The molecule has 0 bridgehead atoms. The quantitative estimate of drug-likeness (QED) is 0.284. The second kappa shape index (κ2) is 8.01. The molecule has 0 radical (unpaired) electrons. The topological polar surface area (TPSA) is 190 Å². The van der Waals surface area contributed by atoms with Crippen molar-refractivity contribution in [3.05, 3.63) is 0 Å². The first-order chi connectivity index (χ1) is 7.59. The van der Waals surface area contributed by atoms with Gasteiger partial charge in [0.2, 0.25) is 6.10 Å². The largest absolute Gasteiger partial charge is 0.481 e. The highest BCUT2D eigenvalue weighted by molar-refractivity contribution is 5.95. The molecule has 0 rings (SSSR count). The monoisotopic (exact) mass is 254 g/mol. The van der Waals surface area contributed by atoms with E-state index in [0.717, 1.165) is 0 Å². The minimum Gasteiger partial charge on any atom is -0.481 e. The highest BCUT2D eigenvalue weighted by Crippen LogP contribution is 1.89. The molecule has 0 aromatic carbocycles. The molecule has 17 heavy (non-hydrogen) atoms. The fraction of sp³-hybridized carbons (Fsp3) is 0.429. The van der Waals surface area contributed by atoms with E-state index < -0.39 is 42.5 Å². The van der Waals surface area contributed by atoms with Crippen molar-refractivity contribution < 1.29 is 49.8 Å². The fourth-order valence-corrected chi connectivity index (χ4v) is 0.358. The van der Waals surface area contributed by atoms with Gasteiger partial charge in [-0.15, -0.1) is 0 Å². The summed E-state index contributed by atoms with van der Waals surface area (Å²) in [6.45, 7) is 0. The molecular formula is C7H10O10. The highest BCUT2D eigenvalue weighted by atomic mass is 16.4. The molecule has 1 atom stereocenters. The average Bonchev–Trinajstić information content (AvgIpc) is 2.15. The number of rotatable bonds is 5. The Labute approximate surface area is 93.3 Å². The third-order valence-corrected chi connectivity index (χ3v) is 1.12. The summed E-state index contributed by atoms with van der Waals surface area (Å²) in [6, 6.07) is 0. The van der Waals surface area contributed by atoms with Gasteiger partial charge in [0, 0.05) is 0 Å². The van der Waals surface area contributed by atoms with Gasteiger partial charge in [0.25, 0.3) is 0 Å². The number of carboxylic acids is 4. The summed E-state index contributed by atoms with van der Waals surface area (Å²) in [5.74, 6) is -6.35. The Bertz CT molecular complexity index is 294. The summed E-state index contributed by atoms with van der Waals surface area (Å²) < 4.78 is 0. The molecule has 6 N–H and O–H groups in total. The van der Waals surface area contributed by atoms with Crippen LogP contribution in [0, 0.1) is 0 Å². The standard InChI is InChI=1S/C4H6O5.C3H4O5/c5-2(4(8)9)1-3(6)7;4-1(2(5)6)3(7)8/h2,5H,1H2,(H,6,7)(H,8,9);1,4H,(H,5,6)(H,7,8). The van der Waals surface area contributed by atoms with Gasteiger partial charge in [0.15, 0.2) is 6.10 Å². The first kappa shape index (κ1) is 17.2. The third-order valence-electron chi connectivity index (χ3n) is 1.12. The van der Waals surface area contributed by atoms with E-state index in [-0.39, 0.29) is 0 Å². The van der Waals surface area contributed by atoms with Crippen molar-refractivity contribution >= 4 is 23.9 Å². The second-order valence-corrected chi connectivity index (χ2v) is 2.53. The Morgan fingerprint density at radius 3 is 1.18 bits per heavy atom. The lowest BCUT2D eigenvalue weighted by Gasteiger charge is -1.97. The van der Waals surface area contributed by atoms with E-state index in [4.69, 9.17) is 30.6 Å². The molecule has 0 saturated heterocycles. The summed E-state index contributed by atoms with van der Waals surface area (Å²) in [4.78, 5) is 38.4. The molecule has 1 unspecified atom stereocenters. The number of hydrogen-bond acceptors (Lipinski definition) is 6. The number of aliphatic hydroxyl groups is 2. The number of carbonyl (C=O) groups is 4. The minimum atomic E-state index is -2.30. The molecule has 0 fully saturated rings. The Balaban J connectivity index is 0. The summed E-state index contributed by atoms with van der Waals surface area (Å²) in [7, 11) is 0. The lowest BCUT2D eigenvalue weighted by atomic mass is 10.3. The van der Waals surface area contributed by atoms with Crippen LogP contribution in [0.25, 0.3) is 0 Å². The summed E-state index contributed by atoms with van der Waals surface area (Å²) >= 11 is 0. The van der Waals surface area contributed by atoms with Crippen molar-refractivity contribution in [1.29, 1.82) is 0 Å². The second-order valence-electron chi connectivity index (χ2n) is 2.53. The van der Waals surface area contributed by atoms with Crippen molar-refractivity contribution in [3.8, 4) is 0 Å². The summed E-state index contributed by atoms with van der Waals surface area (Å²) in [5, 5.41) is 47.6. The van der Waals surface area contributed by atoms with E-state index in [2.05, 4.69) is 0 Å². The molecule has 0 aromatic rings. The van der Waals surface area contributed by atoms with E-state index in [1.165, 1.54) is 0 Å². The maximum absolute atomic E-state index is 9.72. The summed E-state index contributed by atoms with van der Waals surface area (Å²) in [6.07, 6.45) is -4.84. The predicted octanol–water partition coefficient (Wildman–Crippen LogP) is -2.58. The normalized spacial score (nSPS) is 11.0. The highest BCUT2D eigenvalue weighted by Gasteiger charge is 2.20. The fourth-order valence-electron chi connectivity index (χ4n) is 0.358. The van der Waals surface area contributed by atoms with E-state index in [0.29, 0.717) is 0 Å². The van der Waals surface area contributed by atoms with E-state index >= 15 is 0 Å². The molecule has 0 aliphatic rings. The average molecular weight is 254 g/mol. The Morgan fingerprint density at radius 2 is 1.12 bits per heavy atom. The minimum absolute atomic E-state index is 0.755. The molecule has 0 saturated carbocycles. The number of carboxylic acid groups (broad SMARTS) is 4. The van der Waals surface area contributed by atoms with Gasteiger partial charge in [0.05, 0.1) is 6.42 Å². The van der Waals surface area contributed by atoms with Gasteiger partial charge in [-0.2, -0.15) is 0 Å². The first-order valence-corrected chi connectivity index (χ1v) is 3.86. The van der Waals surface area contributed by atoms with Crippen LogP contribution in [-0.4, -0.2) is 66.7 Å². The molecule has 0 spiro atoms. The van der Waals surface area contributed by atoms with Crippen LogP contribution in [0.3, 0.4) is 0 Å². The zero-order valence-corrected chi connectivity index (χ0v) is 8.18. The molecule has 0 amide bonds. The third kappa shape index (κ3) is 10.1. The van der Waals surface area contributed by atoms with Crippen molar-refractivity contribution in [2.24, 2.45) is 0 Å². The van der Waals surface area contributed by atoms with Crippen LogP contribution in [0.15, 0.2) is 0 Å². The zero-order valence-electron chi connectivity index (χ0n) is 8.18. The molecular weight excluding hydrogens is 244 g/mol. The van der Waals surface area contributed by atoms with Crippen LogP contribution < -0.4 is 0 Å². The molecule has 0 aliphatic carbocycles. The predicted molar refractivity (Wildman–Crippen MR) is 47.2 cm³/mol. The molecule has 0 aliphatic heterocycles. The number of aliphatic hydroxyl groups excluding tert-OH is 2. The zero-order chi connectivity index (χ0) is 14.2. The van der Waals surface area contributed by atoms with Crippen LogP contribution in [-0.2, 0) is 19.2 Å². The summed E-state index contributed by atoms with van der Waals surface area (Å²) in [5.41, 5.74) is 0. The van der Waals surface area contributed by atoms with Crippen LogP contribution in [0.1, 0.15) is 6.42 Å². The SMILES string of the molecule is O=C(O)C(O)C(=O)O.O=C(O)CC(O)C(=O)O. The van der Waals surface area contributed by atoms with Crippen LogP contribution in [0.5, 0.6) is 0 Å². The molecule has 0 aromatic heterocycles. The number of hydrogen-bond donors (Lipinski definition) is 6. The van der Waals surface area contributed by atoms with Crippen molar-refractivity contribution in [2.75, 3.05) is 0 Å². The van der Waals surface area contributed by atoms with Gasteiger partial charge < -0.3 is 30.6 Å². The van der Waals surface area contributed by atoms with Crippen LogP contribution in [0.2, 0.25) is 0 Å². The maximum atomic E-state index is 9.72. The van der Waals surface area contributed by atoms with Gasteiger partial charge in [-0.3, -0.25) is 4.79 Å². The van der Waals surface area contributed by atoms with Gasteiger partial charge in [-0.25, -0.2) is 14.4 Å². The van der Waals surface area contributed by atoms with Gasteiger partial charge in [-0.05, 0) is 0 Å². The van der Waals surface area contributed by atoms with Crippen molar-refractivity contribution in [3.63, 3.8) is 0 Å². The van der Waals surface area contributed by atoms with Gasteiger partial charge >= 0.3 is 23.9 Å². The van der Waals surface area contributed by atoms with Crippen molar-refractivity contribution in [2.45, 2.75) is 18.6 Å². The van der Waals surface area contributed by atoms with Gasteiger partial charge in [-0.1, -0.05) is 0 Å². The molecule has 98 valence electrons. The van der Waals surface area contributed by atoms with Crippen molar-refractivity contribution in [1.82, 2.24) is 0 Å².